The normalized spacial score (nSPS) is 11.0. The van der Waals surface area contributed by atoms with Crippen LogP contribution in [0.5, 0.6) is 5.75 Å². The van der Waals surface area contributed by atoms with Crippen LogP contribution in [0.3, 0.4) is 0 Å². The molecule has 0 saturated carbocycles. The number of rotatable bonds is 4. The lowest BCUT2D eigenvalue weighted by atomic mass is 10.2. The van der Waals surface area contributed by atoms with Gasteiger partial charge in [0.25, 0.3) is 5.69 Å². The van der Waals surface area contributed by atoms with Gasteiger partial charge in [0.1, 0.15) is 17.5 Å². The number of para-hydroxylation sites is 1. The third kappa shape index (κ3) is 2.87. The molecule has 0 fully saturated rings. The number of hydrogen-bond donors (Lipinski definition) is 0. The third-order valence-electron chi connectivity index (χ3n) is 3.42. The van der Waals surface area contributed by atoms with Crippen molar-refractivity contribution in [3.63, 3.8) is 0 Å². The number of methoxy groups -OCH3 is 1. The molecule has 0 aliphatic carbocycles. The van der Waals surface area contributed by atoms with Crippen LogP contribution in [-0.4, -0.2) is 18.2 Å². The molecule has 0 aliphatic rings. The largest absolute Gasteiger partial charge is 0.494 e. The summed E-state index contributed by atoms with van der Waals surface area (Å²) in [6, 6.07) is 11.0. The summed E-state index contributed by atoms with van der Waals surface area (Å²) in [6.45, 7) is 0. The zero-order valence-electron chi connectivity index (χ0n) is 12.6. The van der Waals surface area contributed by atoms with E-state index in [2.05, 4.69) is 4.99 Å². The molecule has 0 N–H and O–H groups in total. The van der Waals surface area contributed by atoms with Crippen LogP contribution < -0.4 is 10.2 Å². The van der Waals surface area contributed by atoms with Gasteiger partial charge in [0.05, 0.1) is 29.0 Å². The second-order valence-corrected chi connectivity index (χ2v) is 4.89. The highest BCUT2D eigenvalue weighted by Gasteiger charge is 2.11. The summed E-state index contributed by atoms with van der Waals surface area (Å²) in [5.41, 5.74) is 0.829. The van der Waals surface area contributed by atoms with Gasteiger partial charge >= 0.3 is 0 Å². The van der Waals surface area contributed by atoms with Crippen LogP contribution in [0.25, 0.3) is 11.0 Å². The fourth-order valence-corrected chi connectivity index (χ4v) is 2.21. The van der Waals surface area contributed by atoms with Crippen molar-refractivity contribution >= 4 is 28.6 Å². The Morgan fingerprint density at radius 2 is 2.04 bits per heavy atom. The van der Waals surface area contributed by atoms with Gasteiger partial charge in [-0.2, -0.15) is 0 Å². The number of fused-ring (bicyclic) bond motifs is 1. The lowest BCUT2D eigenvalue weighted by molar-refractivity contribution is -0.384. The average Bonchev–Trinajstić information content (AvgIpc) is 2.61. The molecule has 1 aromatic heterocycles. The second kappa shape index (κ2) is 6.33. The number of nitro benzene ring substituents is 1. The Morgan fingerprint density at radius 1 is 1.25 bits per heavy atom. The van der Waals surface area contributed by atoms with Crippen LogP contribution in [0.1, 0.15) is 5.56 Å². The van der Waals surface area contributed by atoms with E-state index in [1.807, 2.05) is 0 Å². The first-order valence-corrected chi connectivity index (χ1v) is 6.97. The van der Waals surface area contributed by atoms with Gasteiger partial charge in [-0.05, 0) is 18.2 Å². The van der Waals surface area contributed by atoms with Gasteiger partial charge in [-0.3, -0.25) is 19.9 Å². The molecule has 0 saturated heterocycles. The first-order chi connectivity index (χ1) is 11.6. The molecule has 3 rings (SSSR count). The standard InChI is InChI=1S/C17H12N2O5/c1-23-16-8-12(19(21)22)6-7-14(16)18-9-11-10-24-15-5-3-2-4-13(15)17(11)20/h2-10H,1H3. The highest BCUT2D eigenvalue weighted by Crippen LogP contribution is 2.31. The van der Waals surface area contributed by atoms with Crippen LogP contribution in [-0.2, 0) is 0 Å². The van der Waals surface area contributed by atoms with Crippen molar-refractivity contribution in [1.29, 1.82) is 0 Å². The molecular formula is C17H12N2O5. The van der Waals surface area contributed by atoms with Crippen LogP contribution in [0.2, 0.25) is 0 Å². The Hall–Kier alpha value is -3.48. The highest BCUT2D eigenvalue weighted by atomic mass is 16.6. The average molecular weight is 324 g/mol. The van der Waals surface area contributed by atoms with E-state index >= 15 is 0 Å². The third-order valence-corrected chi connectivity index (χ3v) is 3.42. The van der Waals surface area contributed by atoms with Crippen LogP contribution in [0.15, 0.2) is 62.9 Å². The van der Waals surface area contributed by atoms with Gasteiger partial charge < -0.3 is 9.15 Å². The number of hydrogen-bond acceptors (Lipinski definition) is 6. The summed E-state index contributed by atoms with van der Waals surface area (Å²) in [5, 5.41) is 11.2. The lowest BCUT2D eigenvalue weighted by Gasteiger charge is -2.03. The molecule has 0 spiro atoms. The van der Waals surface area contributed by atoms with Crippen molar-refractivity contribution in [2.75, 3.05) is 7.11 Å². The van der Waals surface area contributed by atoms with E-state index in [1.54, 1.807) is 24.3 Å². The van der Waals surface area contributed by atoms with Gasteiger partial charge in [0.2, 0.25) is 5.43 Å². The summed E-state index contributed by atoms with van der Waals surface area (Å²) in [5.74, 6) is 0.241. The van der Waals surface area contributed by atoms with Crippen LogP contribution >= 0.6 is 0 Å². The number of non-ortho nitro benzene ring substituents is 1. The van der Waals surface area contributed by atoms with E-state index in [0.717, 1.165) is 0 Å². The van der Waals surface area contributed by atoms with E-state index in [4.69, 9.17) is 9.15 Å². The van der Waals surface area contributed by atoms with Crippen molar-refractivity contribution < 1.29 is 14.1 Å². The molecule has 7 nitrogen and oxygen atoms in total. The van der Waals surface area contributed by atoms with Crippen molar-refractivity contribution in [2.45, 2.75) is 0 Å². The quantitative estimate of drug-likeness (QED) is 0.416. The minimum Gasteiger partial charge on any atom is -0.494 e. The highest BCUT2D eigenvalue weighted by molar-refractivity contribution is 5.87. The lowest BCUT2D eigenvalue weighted by Crippen LogP contribution is -2.07. The molecule has 0 unspecified atom stereocenters. The summed E-state index contributed by atoms with van der Waals surface area (Å²) in [7, 11) is 1.39. The van der Waals surface area contributed by atoms with E-state index in [9.17, 15) is 14.9 Å². The SMILES string of the molecule is COc1cc([N+](=O)[O-])ccc1N=Cc1coc2ccccc2c1=O. The predicted molar refractivity (Wildman–Crippen MR) is 89.4 cm³/mol. The fourth-order valence-electron chi connectivity index (χ4n) is 2.21. The van der Waals surface area contributed by atoms with Gasteiger partial charge in [0, 0.05) is 12.3 Å². The summed E-state index contributed by atoms with van der Waals surface area (Å²) < 4.78 is 10.5. The minimum absolute atomic E-state index is 0.101. The Balaban J connectivity index is 2.01. The van der Waals surface area contributed by atoms with Gasteiger partial charge in [-0.15, -0.1) is 0 Å². The number of nitrogens with zero attached hydrogens (tertiary/aromatic N) is 2. The maximum absolute atomic E-state index is 12.4. The maximum atomic E-state index is 12.4. The van der Waals surface area contributed by atoms with E-state index < -0.39 is 4.92 Å². The molecule has 0 amide bonds. The smallest absolute Gasteiger partial charge is 0.273 e. The van der Waals surface area contributed by atoms with E-state index in [0.29, 0.717) is 16.7 Å². The molecule has 0 atom stereocenters. The Labute approximate surface area is 136 Å². The van der Waals surface area contributed by atoms with E-state index in [-0.39, 0.29) is 22.4 Å². The molecule has 3 aromatic rings. The number of aliphatic imine (C=N–C) groups is 1. The van der Waals surface area contributed by atoms with Crippen molar-refractivity contribution in [3.8, 4) is 5.75 Å². The summed E-state index contributed by atoms with van der Waals surface area (Å²) in [4.78, 5) is 26.8. The predicted octanol–water partition coefficient (Wildman–Crippen LogP) is 3.46. The molecule has 0 bridgehead atoms. The zero-order chi connectivity index (χ0) is 17.1. The topological polar surface area (TPSA) is 94.9 Å². The maximum Gasteiger partial charge on any atom is 0.273 e. The molecule has 24 heavy (non-hydrogen) atoms. The monoisotopic (exact) mass is 324 g/mol. The number of benzene rings is 2. The van der Waals surface area contributed by atoms with E-state index in [1.165, 1.54) is 37.8 Å². The summed E-state index contributed by atoms with van der Waals surface area (Å²) in [6.07, 6.45) is 2.67. The second-order valence-electron chi connectivity index (χ2n) is 4.89. The minimum atomic E-state index is -0.520. The van der Waals surface area contributed by atoms with Crippen LogP contribution in [0.4, 0.5) is 11.4 Å². The molecular weight excluding hydrogens is 312 g/mol. The first-order valence-electron chi connectivity index (χ1n) is 6.97. The molecule has 120 valence electrons. The first kappa shape index (κ1) is 15.4. The Bertz CT molecular complexity index is 1010. The zero-order valence-corrected chi connectivity index (χ0v) is 12.6. The molecule has 7 heteroatoms. The molecule has 2 aromatic carbocycles. The van der Waals surface area contributed by atoms with Crippen molar-refractivity contribution in [3.05, 3.63) is 74.6 Å². The Morgan fingerprint density at radius 3 is 2.79 bits per heavy atom. The van der Waals surface area contributed by atoms with Gasteiger partial charge in [-0.25, -0.2) is 0 Å². The fraction of sp³-hybridized carbons (Fsp3) is 0.0588. The number of nitro groups is 1. The van der Waals surface area contributed by atoms with Gasteiger partial charge in [0.15, 0.2) is 5.75 Å². The molecule has 0 aliphatic heterocycles. The molecule has 0 radical (unpaired) electrons. The summed E-state index contributed by atoms with van der Waals surface area (Å²) >= 11 is 0. The Kier molecular flexibility index (Phi) is 4.07. The number of ether oxygens (including phenoxy) is 1. The van der Waals surface area contributed by atoms with Gasteiger partial charge in [-0.1, -0.05) is 12.1 Å². The van der Waals surface area contributed by atoms with Crippen LogP contribution in [0, 0.1) is 10.1 Å². The molecule has 1 heterocycles. The van der Waals surface area contributed by atoms with Crippen molar-refractivity contribution in [1.82, 2.24) is 0 Å². The van der Waals surface area contributed by atoms with Crippen molar-refractivity contribution in [2.24, 2.45) is 4.99 Å².